The van der Waals surface area contributed by atoms with Crippen LogP contribution in [0, 0.1) is 0 Å². The van der Waals surface area contributed by atoms with E-state index in [1.807, 2.05) is 0 Å². The Labute approximate surface area is 71.1 Å². The van der Waals surface area contributed by atoms with Crippen LogP contribution in [0.25, 0.3) is 0 Å². The fourth-order valence-electron chi connectivity index (χ4n) is 0.731. The molecule has 1 amide bonds. The second-order valence-electron chi connectivity index (χ2n) is 2.54. The number of carbonyl (C=O) groups is 1. The van der Waals surface area contributed by atoms with E-state index in [2.05, 4.69) is 11.9 Å². The highest BCUT2D eigenvalue weighted by Crippen LogP contribution is 1.99. The molecule has 0 atom stereocenters. The Morgan fingerprint density at radius 2 is 2.50 bits per heavy atom. The van der Waals surface area contributed by atoms with E-state index < -0.39 is 0 Å². The first-order chi connectivity index (χ1) is 5.70. The number of amides is 1. The molecule has 0 spiro atoms. The molecule has 3 nitrogen and oxygen atoms in total. The number of hydrogen-bond donors (Lipinski definition) is 1. The summed E-state index contributed by atoms with van der Waals surface area (Å²) in [5, 5.41) is 2.65. The highest BCUT2D eigenvalue weighted by atomic mass is 16.3. The van der Waals surface area contributed by atoms with Gasteiger partial charge in [-0.1, -0.05) is 6.58 Å². The fourth-order valence-corrected chi connectivity index (χ4v) is 0.731. The average Bonchev–Trinajstić information content (AvgIpc) is 2.51. The van der Waals surface area contributed by atoms with Gasteiger partial charge in [0.1, 0.15) is 5.76 Å². The Hall–Kier alpha value is -1.51. The van der Waals surface area contributed by atoms with E-state index in [0.717, 1.165) is 5.76 Å². The largest absolute Gasteiger partial charge is 0.467 e. The van der Waals surface area contributed by atoms with E-state index in [0.29, 0.717) is 12.1 Å². The topological polar surface area (TPSA) is 42.2 Å². The lowest BCUT2D eigenvalue weighted by molar-refractivity contribution is -0.117. The Balaban J connectivity index is 2.37. The van der Waals surface area contributed by atoms with Gasteiger partial charge in [0.2, 0.25) is 5.91 Å². The summed E-state index contributed by atoms with van der Waals surface area (Å²) in [5.41, 5.74) is 0.501. The summed E-state index contributed by atoms with van der Waals surface area (Å²) in [6.07, 6.45) is 1.57. The zero-order valence-electron chi connectivity index (χ0n) is 6.96. The van der Waals surface area contributed by atoms with Crippen molar-refractivity contribution in [2.24, 2.45) is 0 Å². The molecule has 0 bridgehead atoms. The van der Waals surface area contributed by atoms with Crippen LogP contribution in [-0.4, -0.2) is 5.91 Å². The van der Waals surface area contributed by atoms with E-state index in [-0.39, 0.29) is 5.91 Å². The first-order valence-electron chi connectivity index (χ1n) is 3.66. The lowest BCUT2D eigenvalue weighted by Crippen LogP contribution is -2.22. The third kappa shape index (κ3) is 2.27. The van der Waals surface area contributed by atoms with Gasteiger partial charge in [0, 0.05) is 5.57 Å². The van der Waals surface area contributed by atoms with Crippen molar-refractivity contribution in [2.75, 3.05) is 0 Å². The second kappa shape index (κ2) is 3.76. The van der Waals surface area contributed by atoms with Gasteiger partial charge in [-0.15, -0.1) is 0 Å². The molecular weight excluding hydrogens is 154 g/mol. The number of nitrogens with one attached hydrogen (secondary N) is 1. The molecule has 1 aromatic rings. The van der Waals surface area contributed by atoms with Crippen LogP contribution >= 0.6 is 0 Å². The fraction of sp³-hybridized carbons (Fsp3) is 0.222. The Morgan fingerprint density at radius 3 is 3.00 bits per heavy atom. The molecule has 0 radical (unpaired) electrons. The minimum atomic E-state index is -0.147. The molecule has 0 saturated carbocycles. The molecule has 1 N–H and O–H groups in total. The quantitative estimate of drug-likeness (QED) is 0.689. The highest BCUT2D eigenvalue weighted by Gasteiger charge is 2.01. The molecule has 1 aromatic heterocycles. The van der Waals surface area contributed by atoms with Crippen molar-refractivity contribution < 1.29 is 9.21 Å². The van der Waals surface area contributed by atoms with Gasteiger partial charge >= 0.3 is 0 Å². The van der Waals surface area contributed by atoms with Gasteiger partial charge in [0.25, 0.3) is 0 Å². The normalized spacial score (nSPS) is 9.42. The van der Waals surface area contributed by atoms with Crippen LogP contribution < -0.4 is 5.32 Å². The number of rotatable bonds is 3. The van der Waals surface area contributed by atoms with Crippen LogP contribution in [0.3, 0.4) is 0 Å². The van der Waals surface area contributed by atoms with Crippen LogP contribution in [0.2, 0.25) is 0 Å². The molecular formula is C9H11NO2. The molecule has 1 rings (SSSR count). The predicted octanol–water partition coefficient (Wildman–Crippen LogP) is 1.47. The Kier molecular flexibility index (Phi) is 2.69. The lowest BCUT2D eigenvalue weighted by atomic mass is 10.3. The van der Waals surface area contributed by atoms with E-state index in [4.69, 9.17) is 4.42 Å². The minimum absolute atomic E-state index is 0.147. The maximum absolute atomic E-state index is 11.0. The van der Waals surface area contributed by atoms with Gasteiger partial charge < -0.3 is 9.73 Å². The molecule has 12 heavy (non-hydrogen) atoms. The van der Waals surface area contributed by atoms with E-state index in [9.17, 15) is 4.79 Å². The van der Waals surface area contributed by atoms with Gasteiger partial charge in [-0.3, -0.25) is 4.79 Å². The zero-order valence-corrected chi connectivity index (χ0v) is 6.96. The standard InChI is InChI=1S/C9H11NO2/c1-7(2)9(11)10-6-8-4-3-5-12-8/h3-5H,1,6H2,2H3,(H,10,11). The van der Waals surface area contributed by atoms with Crippen molar-refractivity contribution in [3.05, 3.63) is 36.3 Å². The molecule has 3 heteroatoms. The van der Waals surface area contributed by atoms with Crippen molar-refractivity contribution in [3.63, 3.8) is 0 Å². The summed E-state index contributed by atoms with van der Waals surface area (Å²) >= 11 is 0. The molecule has 0 aliphatic carbocycles. The van der Waals surface area contributed by atoms with Gasteiger partial charge in [-0.25, -0.2) is 0 Å². The van der Waals surface area contributed by atoms with Crippen LogP contribution in [0.5, 0.6) is 0 Å². The van der Waals surface area contributed by atoms with Crippen molar-refractivity contribution in [1.82, 2.24) is 5.32 Å². The summed E-state index contributed by atoms with van der Waals surface area (Å²) in [6, 6.07) is 3.58. The molecule has 1 heterocycles. The maximum atomic E-state index is 11.0. The van der Waals surface area contributed by atoms with Crippen LogP contribution in [0.4, 0.5) is 0 Å². The van der Waals surface area contributed by atoms with E-state index in [1.165, 1.54) is 0 Å². The van der Waals surface area contributed by atoms with Crippen molar-refractivity contribution >= 4 is 5.91 Å². The molecule has 0 aromatic carbocycles. The highest BCUT2D eigenvalue weighted by molar-refractivity contribution is 5.91. The van der Waals surface area contributed by atoms with Crippen molar-refractivity contribution in [2.45, 2.75) is 13.5 Å². The Morgan fingerprint density at radius 1 is 1.75 bits per heavy atom. The summed E-state index contributed by atoms with van der Waals surface area (Å²) in [4.78, 5) is 11.0. The molecule has 64 valence electrons. The molecule has 0 fully saturated rings. The smallest absolute Gasteiger partial charge is 0.246 e. The third-order valence-corrected chi connectivity index (χ3v) is 1.39. The molecule has 0 unspecified atom stereocenters. The Bertz CT molecular complexity index is 275. The predicted molar refractivity (Wildman–Crippen MR) is 45.4 cm³/mol. The second-order valence-corrected chi connectivity index (χ2v) is 2.54. The first-order valence-corrected chi connectivity index (χ1v) is 3.66. The molecule has 0 saturated heterocycles. The van der Waals surface area contributed by atoms with Gasteiger partial charge in [-0.05, 0) is 19.1 Å². The summed E-state index contributed by atoms with van der Waals surface area (Å²) < 4.78 is 5.02. The van der Waals surface area contributed by atoms with Crippen LogP contribution in [0.1, 0.15) is 12.7 Å². The number of furan rings is 1. The maximum Gasteiger partial charge on any atom is 0.246 e. The minimum Gasteiger partial charge on any atom is -0.467 e. The third-order valence-electron chi connectivity index (χ3n) is 1.39. The summed E-state index contributed by atoms with van der Waals surface area (Å²) in [5.74, 6) is 0.594. The average molecular weight is 165 g/mol. The molecule has 0 aliphatic rings. The van der Waals surface area contributed by atoms with Crippen molar-refractivity contribution in [1.29, 1.82) is 0 Å². The molecule has 0 aliphatic heterocycles. The van der Waals surface area contributed by atoms with Crippen LogP contribution in [-0.2, 0) is 11.3 Å². The van der Waals surface area contributed by atoms with Crippen LogP contribution in [0.15, 0.2) is 35.0 Å². The first kappa shape index (κ1) is 8.59. The van der Waals surface area contributed by atoms with Crippen molar-refractivity contribution in [3.8, 4) is 0 Å². The monoisotopic (exact) mass is 165 g/mol. The van der Waals surface area contributed by atoms with Gasteiger partial charge in [0.05, 0.1) is 12.8 Å². The zero-order chi connectivity index (χ0) is 8.97. The summed E-state index contributed by atoms with van der Waals surface area (Å²) in [6.45, 7) is 5.59. The van der Waals surface area contributed by atoms with E-state index >= 15 is 0 Å². The lowest BCUT2D eigenvalue weighted by Gasteiger charge is -2.00. The van der Waals surface area contributed by atoms with E-state index in [1.54, 1.807) is 25.3 Å². The summed E-state index contributed by atoms with van der Waals surface area (Å²) in [7, 11) is 0. The van der Waals surface area contributed by atoms with Gasteiger partial charge in [-0.2, -0.15) is 0 Å². The van der Waals surface area contributed by atoms with Gasteiger partial charge in [0.15, 0.2) is 0 Å². The number of carbonyl (C=O) groups excluding carboxylic acids is 1. The SMILES string of the molecule is C=C(C)C(=O)NCc1ccco1. The number of hydrogen-bond acceptors (Lipinski definition) is 2.